The third-order valence-electron chi connectivity index (χ3n) is 3.34. The maximum atomic E-state index is 13.7. The fourth-order valence-electron chi connectivity index (χ4n) is 2.08. The Bertz CT molecular complexity index is 888. The van der Waals surface area contributed by atoms with Crippen molar-refractivity contribution in [3.05, 3.63) is 68.9 Å². The standard InChI is InChI=1S/C16H12BrF3O3S/c1-2-24(22,23)8-9-3-4-11(12(17)5-9)16(21)15-13(19)6-10(18)7-14(15)20/h3-7H,2,8H2,1H3. The first-order valence-corrected chi connectivity index (χ1v) is 9.44. The Balaban J connectivity index is 2.42. The van der Waals surface area contributed by atoms with Crippen molar-refractivity contribution in [2.75, 3.05) is 5.75 Å². The van der Waals surface area contributed by atoms with Gasteiger partial charge < -0.3 is 0 Å². The van der Waals surface area contributed by atoms with Crippen LogP contribution in [-0.4, -0.2) is 20.0 Å². The molecule has 3 nitrogen and oxygen atoms in total. The van der Waals surface area contributed by atoms with Crippen LogP contribution in [0.1, 0.15) is 28.4 Å². The number of hydrogen-bond donors (Lipinski definition) is 0. The number of ketones is 1. The van der Waals surface area contributed by atoms with E-state index in [9.17, 15) is 26.4 Å². The minimum Gasteiger partial charge on any atom is -0.288 e. The predicted molar refractivity (Wildman–Crippen MR) is 87.1 cm³/mol. The molecule has 0 fully saturated rings. The maximum Gasteiger partial charge on any atom is 0.200 e. The Morgan fingerprint density at radius 1 is 1.08 bits per heavy atom. The zero-order chi connectivity index (χ0) is 18.1. The summed E-state index contributed by atoms with van der Waals surface area (Å²) in [5.74, 6) is -4.95. The molecule has 0 saturated heterocycles. The number of carbonyl (C=O) groups excluding carboxylic acids is 1. The first-order valence-electron chi connectivity index (χ1n) is 6.82. The molecule has 0 aliphatic carbocycles. The monoisotopic (exact) mass is 420 g/mol. The average molecular weight is 421 g/mol. The molecule has 0 amide bonds. The van der Waals surface area contributed by atoms with Crippen LogP contribution in [0, 0.1) is 17.5 Å². The smallest absolute Gasteiger partial charge is 0.200 e. The molecule has 24 heavy (non-hydrogen) atoms. The van der Waals surface area contributed by atoms with E-state index >= 15 is 0 Å². The van der Waals surface area contributed by atoms with Gasteiger partial charge in [0, 0.05) is 27.9 Å². The van der Waals surface area contributed by atoms with Gasteiger partial charge in [-0.3, -0.25) is 4.79 Å². The largest absolute Gasteiger partial charge is 0.288 e. The van der Waals surface area contributed by atoms with Crippen LogP contribution in [0.5, 0.6) is 0 Å². The highest BCUT2D eigenvalue weighted by molar-refractivity contribution is 9.10. The maximum absolute atomic E-state index is 13.7. The Morgan fingerprint density at radius 3 is 2.17 bits per heavy atom. The molecule has 0 atom stereocenters. The quantitative estimate of drug-likeness (QED) is 0.686. The molecule has 0 unspecified atom stereocenters. The van der Waals surface area contributed by atoms with Gasteiger partial charge in [0.05, 0.1) is 11.3 Å². The van der Waals surface area contributed by atoms with E-state index < -0.39 is 38.6 Å². The van der Waals surface area contributed by atoms with Crippen molar-refractivity contribution in [2.45, 2.75) is 12.7 Å². The fourth-order valence-corrected chi connectivity index (χ4v) is 3.58. The number of carbonyl (C=O) groups is 1. The van der Waals surface area contributed by atoms with Crippen LogP contribution in [0.4, 0.5) is 13.2 Å². The molecule has 2 aromatic carbocycles. The Kier molecular flexibility index (Phi) is 5.49. The van der Waals surface area contributed by atoms with Gasteiger partial charge in [-0.15, -0.1) is 0 Å². The van der Waals surface area contributed by atoms with Gasteiger partial charge in [0.15, 0.2) is 15.6 Å². The van der Waals surface area contributed by atoms with E-state index in [4.69, 9.17) is 0 Å². The second kappa shape index (κ2) is 7.06. The van der Waals surface area contributed by atoms with Crippen LogP contribution in [0.25, 0.3) is 0 Å². The van der Waals surface area contributed by atoms with Crippen molar-refractivity contribution in [3.63, 3.8) is 0 Å². The highest BCUT2D eigenvalue weighted by atomic mass is 79.9. The SMILES string of the molecule is CCS(=O)(=O)Cc1ccc(C(=O)c2c(F)cc(F)cc2F)c(Br)c1. The highest BCUT2D eigenvalue weighted by Gasteiger charge is 2.22. The summed E-state index contributed by atoms with van der Waals surface area (Å²) in [6, 6.07) is 4.91. The summed E-state index contributed by atoms with van der Waals surface area (Å²) in [6.07, 6.45) is 0. The summed E-state index contributed by atoms with van der Waals surface area (Å²) in [4.78, 5) is 12.3. The van der Waals surface area contributed by atoms with Crippen molar-refractivity contribution >= 4 is 31.6 Å². The van der Waals surface area contributed by atoms with E-state index in [1.807, 2.05) is 0 Å². The molecule has 128 valence electrons. The molecule has 8 heteroatoms. The molecule has 2 aromatic rings. The molecule has 0 saturated carbocycles. The van der Waals surface area contributed by atoms with Crippen molar-refractivity contribution in [1.29, 1.82) is 0 Å². The molecule has 0 bridgehead atoms. The van der Waals surface area contributed by atoms with Crippen molar-refractivity contribution in [3.8, 4) is 0 Å². The van der Waals surface area contributed by atoms with Crippen LogP contribution in [0.2, 0.25) is 0 Å². The van der Waals surface area contributed by atoms with Gasteiger partial charge in [-0.05, 0) is 17.7 Å². The van der Waals surface area contributed by atoms with Crippen LogP contribution >= 0.6 is 15.9 Å². The first kappa shape index (κ1) is 18.7. The lowest BCUT2D eigenvalue weighted by molar-refractivity contribution is 0.103. The number of rotatable bonds is 5. The number of sulfone groups is 1. The second-order valence-electron chi connectivity index (χ2n) is 5.06. The van der Waals surface area contributed by atoms with Gasteiger partial charge >= 0.3 is 0 Å². The molecular formula is C16H12BrF3O3S. The van der Waals surface area contributed by atoms with Gasteiger partial charge in [-0.25, -0.2) is 21.6 Å². The minimum atomic E-state index is -3.26. The Hall–Kier alpha value is -1.67. The molecule has 0 aliphatic heterocycles. The van der Waals surface area contributed by atoms with Gasteiger partial charge in [-0.1, -0.05) is 28.9 Å². The van der Waals surface area contributed by atoms with Crippen molar-refractivity contribution in [1.82, 2.24) is 0 Å². The molecule has 0 spiro atoms. The summed E-state index contributed by atoms with van der Waals surface area (Å²) in [6.45, 7) is 1.52. The van der Waals surface area contributed by atoms with Crippen molar-refractivity contribution in [2.24, 2.45) is 0 Å². The fraction of sp³-hybridized carbons (Fsp3) is 0.188. The molecule has 0 N–H and O–H groups in total. The summed E-state index contributed by atoms with van der Waals surface area (Å²) in [5, 5.41) is 0. The summed E-state index contributed by atoms with van der Waals surface area (Å²) in [7, 11) is -3.26. The lowest BCUT2D eigenvalue weighted by Gasteiger charge is -2.09. The van der Waals surface area contributed by atoms with Crippen LogP contribution in [0.15, 0.2) is 34.8 Å². The average Bonchev–Trinajstić information content (AvgIpc) is 2.45. The van der Waals surface area contributed by atoms with E-state index in [0.29, 0.717) is 17.7 Å². The third-order valence-corrected chi connectivity index (χ3v) is 5.65. The zero-order valence-electron chi connectivity index (χ0n) is 12.4. The zero-order valence-corrected chi connectivity index (χ0v) is 14.8. The summed E-state index contributed by atoms with van der Waals surface area (Å²) >= 11 is 3.10. The Morgan fingerprint density at radius 2 is 1.67 bits per heavy atom. The van der Waals surface area contributed by atoms with Gasteiger partial charge in [0.25, 0.3) is 0 Å². The second-order valence-corrected chi connectivity index (χ2v) is 8.27. The lowest BCUT2D eigenvalue weighted by atomic mass is 10.0. The molecule has 2 rings (SSSR count). The van der Waals surface area contributed by atoms with E-state index in [2.05, 4.69) is 15.9 Å². The van der Waals surface area contributed by atoms with E-state index in [0.717, 1.165) is 0 Å². The van der Waals surface area contributed by atoms with Crippen molar-refractivity contribution < 1.29 is 26.4 Å². The normalized spacial score (nSPS) is 11.5. The lowest BCUT2D eigenvalue weighted by Crippen LogP contribution is -2.10. The number of benzene rings is 2. The molecular weight excluding hydrogens is 409 g/mol. The predicted octanol–water partition coefficient (Wildman–Crippen LogP) is 4.03. The molecule has 0 aliphatic rings. The van der Waals surface area contributed by atoms with Gasteiger partial charge in [0.1, 0.15) is 17.5 Å². The van der Waals surface area contributed by atoms with Gasteiger partial charge in [-0.2, -0.15) is 0 Å². The molecule has 0 radical (unpaired) electrons. The van der Waals surface area contributed by atoms with Crippen LogP contribution < -0.4 is 0 Å². The van der Waals surface area contributed by atoms with Crippen LogP contribution in [-0.2, 0) is 15.6 Å². The van der Waals surface area contributed by atoms with E-state index in [-0.39, 0.29) is 21.5 Å². The van der Waals surface area contributed by atoms with E-state index in [1.165, 1.54) is 25.1 Å². The third kappa shape index (κ3) is 4.05. The van der Waals surface area contributed by atoms with Gasteiger partial charge in [0.2, 0.25) is 0 Å². The molecule has 0 aromatic heterocycles. The van der Waals surface area contributed by atoms with E-state index in [1.54, 1.807) is 0 Å². The number of hydrogen-bond acceptors (Lipinski definition) is 3. The Labute approximate surface area is 145 Å². The summed E-state index contributed by atoms with van der Waals surface area (Å²) in [5.41, 5.74) is -0.497. The van der Waals surface area contributed by atoms with Crippen LogP contribution in [0.3, 0.4) is 0 Å². The number of halogens is 4. The minimum absolute atomic E-state index is 0.0305. The summed E-state index contributed by atoms with van der Waals surface area (Å²) < 4.78 is 63.8. The topological polar surface area (TPSA) is 51.2 Å². The highest BCUT2D eigenvalue weighted by Crippen LogP contribution is 2.25. The first-order chi connectivity index (χ1) is 11.1. The molecule has 0 heterocycles.